The van der Waals surface area contributed by atoms with Gasteiger partial charge < -0.3 is 0 Å². The maximum absolute atomic E-state index is 11.9. The van der Waals surface area contributed by atoms with Crippen LogP contribution in [0.2, 0.25) is 0 Å². The van der Waals surface area contributed by atoms with Crippen LogP contribution in [-0.2, 0) is 0 Å². The first-order valence-electron chi connectivity index (χ1n) is 5.85. The van der Waals surface area contributed by atoms with Gasteiger partial charge in [-0.15, -0.1) is 0 Å². The lowest BCUT2D eigenvalue weighted by Crippen LogP contribution is -2.09. The average Bonchev–Trinajstić information content (AvgIpc) is 2.80. The van der Waals surface area contributed by atoms with Crippen LogP contribution in [0.4, 0.5) is 0 Å². The van der Waals surface area contributed by atoms with E-state index in [-0.39, 0.29) is 5.78 Å². The summed E-state index contributed by atoms with van der Waals surface area (Å²) in [5.41, 5.74) is 2.37. The molecule has 17 heavy (non-hydrogen) atoms. The number of nitrogens with zero attached hydrogens (tertiary/aromatic N) is 2. The van der Waals surface area contributed by atoms with Gasteiger partial charge in [0, 0.05) is 5.56 Å². The average molecular weight is 227 g/mol. The van der Waals surface area contributed by atoms with E-state index in [0.29, 0.717) is 17.2 Å². The molecule has 0 amide bonds. The lowest BCUT2D eigenvalue weighted by Gasteiger charge is -2.25. The molecular formula is C13H13N3O. The molecule has 4 heteroatoms. The second kappa shape index (κ2) is 4.13. The molecule has 1 aromatic carbocycles. The van der Waals surface area contributed by atoms with Gasteiger partial charge in [0.15, 0.2) is 5.69 Å². The van der Waals surface area contributed by atoms with Crippen molar-refractivity contribution in [3.8, 4) is 0 Å². The van der Waals surface area contributed by atoms with E-state index in [1.807, 2.05) is 12.1 Å². The van der Waals surface area contributed by atoms with E-state index in [1.165, 1.54) is 31.0 Å². The largest absolute Gasteiger partial charge is 0.287 e. The van der Waals surface area contributed by atoms with Gasteiger partial charge in [0.05, 0.1) is 6.20 Å². The van der Waals surface area contributed by atoms with Crippen molar-refractivity contribution in [2.75, 3.05) is 0 Å². The van der Waals surface area contributed by atoms with Crippen molar-refractivity contribution in [2.24, 2.45) is 0 Å². The van der Waals surface area contributed by atoms with Crippen molar-refractivity contribution in [3.63, 3.8) is 0 Å². The zero-order valence-corrected chi connectivity index (χ0v) is 9.39. The number of hydrogen-bond acceptors (Lipinski definition) is 3. The summed E-state index contributed by atoms with van der Waals surface area (Å²) >= 11 is 0. The Kier molecular flexibility index (Phi) is 2.48. The summed E-state index contributed by atoms with van der Waals surface area (Å²) < 4.78 is 0. The summed E-state index contributed by atoms with van der Waals surface area (Å²) in [7, 11) is 0. The van der Waals surface area contributed by atoms with E-state index in [9.17, 15) is 4.79 Å². The highest BCUT2D eigenvalue weighted by Gasteiger charge is 2.19. The number of aromatic nitrogens is 3. The fraction of sp³-hybridized carbons (Fsp3) is 0.308. The minimum atomic E-state index is -0.0843. The lowest BCUT2D eigenvalue weighted by molar-refractivity contribution is 0.103. The SMILES string of the molecule is O=C(c1ccc(C2CCC2)cc1)c1cn[nH]n1. The number of hydrogen-bond donors (Lipinski definition) is 1. The predicted octanol–water partition coefficient (Wildman–Crippen LogP) is 2.30. The Labute approximate surface area is 99.1 Å². The molecule has 1 N–H and O–H groups in total. The molecule has 1 aliphatic rings. The highest BCUT2D eigenvalue weighted by atomic mass is 16.1. The molecule has 0 spiro atoms. The number of rotatable bonds is 3. The molecule has 2 aromatic rings. The molecule has 0 radical (unpaired) electrons. The lowest BCUT2D eigenvalue weighted by atomic mass is 9.80. The molecule has 3 rings (SSSR count). The van der Waals surface area contributed by atoms with Crippen molar-refractivity contribution in [3.05, 3.63) is 47.3 Å². The summed E-state index contributed by atoms with van der Waals surface area (Å²) in [5.74, 6) is 0.616. The molecule has 0 unspecified atom stereocenters. The van der Waals surface area contributed by atoms with E-state index in [1.54, 1.807) is 0 Å². The summed E-state index contributed by atoms with van der Waals surface area (Å²) in [6.45, 7) is 0. The Morgan fingerprint density at radius 3 is 2.53 bits per heavy atom. The highest BCUT2D eigenvalue weighted by Crippen LogP contribution is 2.36. The fourth-order valence-electron chi connectivity index (χ4n) is 2.11. The van der Waals surface area contributed by atoms with Gasteiger partial charge in [-0.3, -0.25) is 4.79 Å². The minimum absolute atomic E-state index is 0.0843. The number of nitrogens with one attached hydrogen (secondary N) is 1. The maximum atomic E-state index is 11.9. The summed E-state index contributed by atoms with van der Waals surface area (Å²) in [6, 6.07) is 7.86. The Bertz CT molecular complexity index is 512. The third-order valence-corrected chi connectivity index (χ3v) is 3.40. The van der Waals surface area contributed by atoms with Crippen molar-refractivity contribution in [2.45, 2.75) is 25.2 Å². The van der Waals surface area contributed by atoms with Gasteiger partial charge in [-0.05, 0) is 24.3 Å². The van der Waals surface area contributed by atoms with Crippen LogP contribution in [0.1, 0.15) is 46.8 Å². The van der Waals surface area contributed by atoms with Gasteiger partial charge >= 0.3 is 0 Å². The van der Waals surface area contributed by atoms with Gasteiger partial charge in [0.25, 0.3) is 0 Å². The standard InChI is InChI=1S/C13H13N3O/c17-13(12-8-14-16-15-12)11-6-4-10(5-7-11)9-2-1-3-9/h4-9H,1-3H2,(H,14,15,16). The quantitative estimate of drug-likeness (QED) is 0.818. The second-order valence-electron chi connectivity index (χ2n) is 4.43. The molecule has 86 valence electrons. The van der Waals surface area contributed by atoms with Crippen LogP contribution in [0.15, 0.2) is 30.5 Å². The van der Waals surface area contributed by atoms with Crippen LogP contribution in [-0.4, -0.2) is 21.2 Å². The van der Waals surface area contributed by atoms with Gasteiger partial charge in [-0.25, -0.2) is 0 Å². The van der Waals surface area contributed by atoms with E-state index >= 15 is 0 Å². The van der Waals surface area contributed by atoms with Gasteiger partial charge in [0.2, 0.25) is 5.78 Å². The Morgan fingerprint density at radius 1 is 1.24 bits per heavy atom. The molecule has 1 aromatic heterocycles. The molecular weight excluding hydrogens is 214 g/mol. The van der Waals surface area contributed by atoms with Crippen LogP contribution >= 0.6 is 0 Å². The first kappa shape index (κ1) is 10.2. The third kappa shape index (κ3) is 1.86. The normalized spacial score (nSPS) is 15.5. The Morgan fingerprint density at radius 2 is 2.00 bits per heavy atom. The van der Waals surface area contributed by atoms with Crippen molar-refractivity contribution >= 4 is 5.78 Å². The number of carbonyl (C=O) groups is 1. The topological polar surface area (TPSA) is 58.6 Å². The van der Waals surface area contributed by atoms with Crippen molar-refractivity contribution < 1.29 is 4.79 Å². The molecule has 0 bridgehead atoms. The van der Waals surface area contributed by atoms with Crippen LogP contribution in [0.5, 0.6) is 0 Å². The zero-order valence-electron chi connectivity index (χ0n) is 9.39. The predicted molar refractivity (Wildman–Crippen MR) is 62.8 cm³/mol. The Hall–Kier alpha value is -1.97. The van der Waals surface area contributed by atoms with Gasteiger partial charge in [0.1, 0.15) is 0 Å². The fourth-order valence-corrected chi connectivity index (χ4v) is 2.11. The molecule has 1 saturated carbocycles. The monoisotopic (exact) mass is 227 g/mol. The number of benzene rings is 1. The first-order chi connectivity index (χ1) is 8.34. The minimum Gasteiger partial charge on any atom is -0.287 e. The number of H-pyrrole nitrogens is 1. The van der Waals surface area contributed by atoms with E-state index in [4.69, 9.17) is 0 Å². The number of carbonyl (C=O) groups excluding carboxylic acids is 1. The Balaban J connectivity index is 1.82. The van der Waals surface area contributed by atoms with E-state index in [0.717, 1.165) is 0 Å². The summed E-state index contributed by atoms with van der Waals surface area (Å²) in [4.78, 5) is 11.9. The maximum Gasteiger partial charge on any atom is 0.214 e. The molecule has 1 aliphatic carbocycles. The molecule has 0 aliphatic heterocycles. The molecule has 0 atom stereocenters. The van der Waals surface area contributed by atoms with Crippen molar-refractivity contribution in [1.29, 1.82) is 0 Å². The van der Waals surface area contributed by atoms with Crippen LogP contribution in [0.3, 0.4) is 0 Å². The number of aromatic amines is 1. The van der Waals surface area contributed by atoms with E-state index in [2.05, 4.69) is 27.5 Å². The summed E-state index contributed by atoms with van der Waals surface area (Å²) in [6.07, 6.45) is 5.32. The number of ketones is 1. The molecule has 1 fully saturated rings. The van der Waals surface area contributed by atoms with Crippen LogP contribution in [0, 0.1) is 0 Å². The third-order valence-electron chi connectivity index (χ3n) is 3.40. The molecule has 1 heterocycles. The second-order valence-corrected chi connectivity index (χ2v) is 4.43. The molecule has 0 saturated heterocycles. The van der Waals surface area contributed by atoms with Crippen LogP contribution in [0.25, 0.3) is 0 Å². The summed E-state index contributed by atoms with van der Waals surface area (Å²) in [5, 5.41) is 9.88. The van der Waals surface area contributed by atoms with E-state index < -0.39 is 0 Å². The van der Waals surface area contributed by atoms with Gasteiger partial charge in [-0.2, -0.15) is 15.4 Å². The highest BCUT2D eigenvalue weighted by molar-refractivity contribution is 6.07. The zero-order chi connectivity index (χ0) is 11.7. The molecule has 4 nitrogen and oxygen atoms in total. The van der Waals surface area contributed by atoms with Gasteiger partial charge in [-0.1, -0.05) is 30.7 Å². The first-order valence-corrected chi connectivity index (χ1v) is 5.85. The van der Waals surface area contributed by atoms with Crippen molar-refractivity contribution in [1.82, 2.24) is 15.4 Å². The smallest absolute Gasteiger partial charge is 0.214 e. The van der Waals surface area contributed by atoms with Crippen LogP contribution < -0.4 is 0 Å².